The van der Waals surface area contributed by atoms with E-state index < -0.39 is 11.9 Å². The Morgan fingerprint density at radius 2 is 1.76 bits per heavy atom. The van der Waals surface area contributed by atoms with Crippen molar-refractivity contribution in [3.63, 3.8) is 0 Å². The zero-order chi connectivity index (χ0) is 12.8. The van der Waals surface area contributed by atoms with Gasteiger partial charge in [0.15, 0.2) is 0 Å². The van der Waals surface area contributed by atoms with E-state index >= 15 is 0 Å². The van der Waals surface area contributed by atoms with Crippen molar-refractivity contribution in [2.45, 2.75) is 58.0 Å². The summed E-state index contributed by atoms with van der Waals surface area (Å²) in [5.41, 5.74) is 5.24. The van der Waals surface area contributed by atoms with Gasteiger partial charge in [-0.1, -0.05) is 33.1 Å². The van der Waals surface area contributed by atoms with E-state index in [0.717, 1.165) is 25.7 Å². The second-order valence-corrected chi connectivity index (χ2v) is 5.08. The Morgan fingerprint density at radius 1 is 1.18 bits per heavy atom. The van der Waals surface area contributed by atoms with E-state index in [2.05, 4.69) is 10.6 Å². The van der Waals surface area contributed by atoms with E-state index in [9.17, 15) is 9.59 Å². The number of primary amides is 1. The molecule has 1 aliphatic carbocycles. The van der Waals surface area contributed by atoms with E-state index in [1.54, 1.807) is 0 Å². The predicted octanol–water partition coefficient (Wildman–Crippen LogP) is 1.13. The molecule has 0 radical (unpaired) electrons. The first kappa shape index (κ1) is 13.8. The van der Waals surface area contributed by atoms with Crippen LogP contribution in [0.4, 0.5) is 4.79 Å². The van der Waals surface area contributed by atoms with Crippen LogP contribution in [0.5, 0.6) is 0 Å². The van der Waals surface area contributed by atoms with Crippen LogP contribution in [0.2, 0.25) is 0 Å². The largest absolute Gasteiger partial charge is 0.368 e. The minimum Gasteiger partial charge on any atom is -0.368 e. The third-order valence-electron chi connectivity index (χ3n) is 3.20. The van der Waals surface area contributed by atoms with Crippen molar-refractivity contribution < 1.29 is 9.59 Å². The zero-order valence-corrected chi connectivity index (χ0v) is 10.7. The van der Waals surface area contributed by atoms with E-state index in [4.69, 9.17) is 5.73 Å². The SMILES string of the molecule is CC(C)[C@H](NC(=O)NC1CCCCC1)C(N)=O. The van der Waals surface area contributed by atoms with Gasteiger partial charge in [0, 0.05) is 6.04 Å². The molecule has 0 aromatic carbocycles. The molecular weight excluding hydrogens is 218 g/mol. The Labute approximate surface area is 103 Å². The number of amides is 3. The van der Waals surface area contributed by atoms with Gasteiger partial charge >= 0.3 is 6.03 Å². The van der Waals surface area contributed by atoms with Crippen LogP contribution < -0.4 is 16.4 Å². The van der Waals surface area contributed by atoms with Crippen LogP contribution in [0, 0.1) is 5.92 Å². The van der Waals surface area contributed by atoms with Gasteiger partial charge in [-0.15, -0.1) is 0 Å². The minimum atomic E-state index is -0.599. The summed E-state index contributed by atoms with van der Waals surface area (Å²) in [5, 5.41) is 5.54. The number of carbonyl (C=O) groups is 2. The molecule has 3 amide bonds. The lowest BCUT2D eigenvalue weighted by Crippen LogP contribution is -2.53. The first-order valence-corrected chi connectivity index (χ1v) is 6.37. The molecule has 17 heavy (non-hydrogen) atoms. The van der Waals surface area contributed by atoms with Crippen LogP contribution in [-0.4, -0.2) is 24.0 Å². The summed E-state index contributed by atoms with van der Waals surface area (Å²) in [6.07, 6.45) is 5.62. The Morgan fingerprint density at radius 3 is 2.24 bits per heavy atom. The second-order valence-electron chi connectivity index (χ2n) is 5.08. The van der Waals surface area contributed by atoms with Crippen molar-refractivity contribution in [2.75, 3.05) is 0 Å². The van der Waals surface area contributed by atoms with Crippen LogP contribution in [0.25, 0.3) is 0 Å². The van der Waals surface area contributed by atoms with Crippen LogP contribution >= 0.6 is 0 Å². The molecule has 1 aliphatic rings. The predicted molar refractivity (Wildman–Crippen MR) is 66.4 cm³/mol. The van der Waals surface area contributed by atoms with Crippen molar-refractivity contribution in [1.82, 2.24) is 10.6 Å². The van der Waals surface area contributed by atoms with Gasteiger partial charge < -0.3 is 16.4 Å². The average molecular weight is 241 g/mol. The zero-order valence-electron chi connectivity index (χ0n) is 10.7. The van der Waals surface area contributed by atoms with Gasteiger partial charge in [-0.2, -0.15) is 0 Å². The topological polar surface area (TPSA) is 84.2 Å². The van der Waals surface area contributed by atoms with Crippen molar-refractivity contribution >= 4 is 11.9 Å². The second kappa shape index (κ2) is 6.47. The molecule has 1 saturated carbocycles. The molecule has 0 spiro atoms. The van der Waals surface area contributed by atoms with Crippen molar-refractivity contribution in [1.29, 1.82) is 0 Å². The number of hydrogen-bond acceptors (Lipinski definition) is 2. The van der Waals surface area contributed by atoms with Crippen LogP contribution in [0.3, 0.4) is 0 Å². The van der Waals surface area contributed by atoms with Gasteiger partial charge in [0.05, 0.1) is 0 Å². The standard InChI is InChI=1S/C12H23N3O2/c1-8(2)10(11(13)16)15-12(17)14-9-6-4-3-5-7-9/h8-10H,3-7H2,1-2H3,(H2,13,16)(H2,14,15,17)/t10-/m0/s1. The number of urea groups is 1. The highest BCUT2D eigenvalue weighted by Gasteiger charge is 2.23. The smallest absolute Gasteiger partial charge is 0.315 e. The molecule has 0 heterocycles. The van der Waals surface area contributed by atoms with Crippen LogP contribution in [0.15, 0.2) is 0 Å². The maximum Gasteiger partial charge on any atom is 0.315 e. The fourth-order valence-electron chi connectivity index (χ4n) is 2.18. The van der Waals surface area contributed by atoms with Crippen molar-refractivity contribution in [3.05, 3.63) is 0 Å². The molecule has 0 unspecified atom stereocenters. The van der Waals surface area contributed by atoms with Gasteiger partial charge in [0.25, 0.3) is 0 Å². The summed E-state index contributed by atoms with van der Waals surface area (Å²) in [6.45, 7) is 3.71. The summed E-state index contributed by atoms with van der Waals surface area (Å²) in [5.74, 6) is -0.483. The Kier molecular flexibility index (Phi) is 5.25. The normalized spacial score (nSPS) is 18.8. The summed E-state index contributed by atoms with van der Waals surface area (Å²) in [7, 11) is 0. The molecule has 0 aromatic heterocycles. The Hall–Kier alpha value is -1.26. The number of nitrogens with two attached hydrogens (primary N) is 1. The van der Waals surface area contributed by atoms with Gasteiger partial charge in [-0.05, 0) is 18.8 Å². The van der Waals surface area contributed by atoms with Gasteiger partial charge in [-0.25, -0.2) is 4.79 Å². The maximum absolute atomic E-state index is 11.7. The Balaban J connectivity index is 2.38. The molecule has 0 aliphatic heterocycles. The molecule has 1 fully saturated rings. The van der Waals surface area contributed by atoms with Crippen molar-refractivity contribution in [2.24, 2.45) is 11.7 Å². The third kappa shape index (κ3) is 4.63. The fourth-order valence-corrected chi connectivity index (χ4v) is 2.18. The highest BCUT2D eigenvalue weighted by atomic mass is 16.2. The lowest BCUT2D eigenvalue weighted by molar-refractivity contribution is -0.120. The molecule has 5 heteroatoms. The molecule has 98 valence electrons. The highest BCUT2D eigenvalue weighted by Crippen LogP contribution is 2.17. The molecule has 1 atom stereocenters. The fraction of sp³-hybridized carbons (Fsp3) is 0.833. The highest BCUT2D eigenvalue weighted by molar-refractivity contribution is 5.86. The lowest BCUT2D eigenvalue weighted by atomic mass is 9.96. The summed E-state index contributed by atoms with van der Waals surface area (Å²) in [6, 6.07) is -0.641. The molecule has 1 rings (SSSR count). The molecular formula is C12H23N3O2. The first-order valence-electron chi connectivity index (χ1n) is 6.37. The molecule has 0 aromatic rings. The quantitative estimate of drug-likeness (QED) is 0.689. The van der Waals surface area contributed by atoms with Crippen LogP contribution in [0.1, 0.15) is 46.0 Å². The number of hydrogen-bond donors (Lipinski definition) is 3. The monoisotopic (exact) mass is 241 g/mol. The van der Waals surface area contributed by atoms with Gasteiger partial charge in [0.1, 0.15) is 6.04 Å². The Bertz CT molecular complexity index is 273. The average Bonchev–Trinajstić information content (AvgIpc) is 2.26. The van der Waals surface area contributed by atoms with E-state index in [1.165, 1.54) is 6.42 Å². The number of nitrogens with one attached hydrogen (secondary N) is 2. The number of carbonyl (C=O) groups excluding carboxylic acids is 2. The third-order valence-corrected chi connectivity index (χ3v) is 3.20. The number of rotatable bonds is 4. The van der Waals surface area contributed by atoms with Crippen molar-refractivity contribution in [3.8, 4) is 0 Å². The molecule has 0 saturated heterocycles. The van der Waals surface area contributed by atoms with Gasteiger partial charge in [0.2, 0.25) is 5.91 Å². The maximum atomic E-state index is 11.7. The van der Waals surface area contributed by atoms with E-state index in [0.29, 0.717) is 0 Å². The summed E-state index contributed by atoms with van der Waals surface area (Å²) in [4.78, 5) is 22.8. The summed E-state index contributed by atoms with van der Waals surface area (Å²) < 4.78 is 0. The molecule has 4 N–H and O–H groups in total. The lowest BCUT2D eigenvalue weighted by Gasteiger charge is -2.25. The minimum absolute atomic E-state index is 0.00426. The first-order chi connectivity index (χ1) is 8.00. The summed E-state index contributed by atoms with van der Waals surface area (Å²) >= 11 is 0. The van der Waals surface area contributed by atoms with E-state index in [-0.39, 0.29) is 18.0 Å². The molecule has 5 nitrogen and oxygen atoms in total. The van der Waals surface area contributed by atoms with Gasteiger partial charge in [-0.3, -0.25) is 4.79 Å². The van der Waals surface area contributed by atoms with E-state index in [1.807, 2.05) is 13.8 Å². The van der Waals surface area contributed by atoms with Crippen LogP contribution in [-0.2, 0) is 4.79 Å². The molecule has 0 bridgehead atoms.